The number of piperidine rings is 1. The molecular weight excluding hydrogens is 255 g/mol. The maximum atomic E-state index is 12.7. The summed E-state index contributed by atoms with van der Waals surface area (Å²) >= 11 is 0. The largest absolute Gasteiger partial charge is 0.393 e. The van der Waals surface area contributed by atoms with E-state index in [9.17, 15) is 13.2 Å². The normalized spacial score (nSPS) is 21.6. The fourth-order valence-corrected chi connectivity index (χ4v) is 2.51. The van der Waals surface area contributed by atoms with Gasteiger partial charge < -0.3 is 5.73 Å². The van der Waals surface area contributed by atoms with Crippen molar-refractivity contribution < 1.29 is 13.2 Å². The molecule has 0 amide bonds. The van der Waals surface area contributed by atoms with Crippen LogP contribution in [0.5, 0.6) is 0 Å². The number of rotatable bonds is 3. The molecule has 0 saturated carbocycles. The maximum Gasteiger partial charge on any atom is 0.393 e. The van der Waals surface area contributed by atoms with Gasteiger partial charge in [0, 0.05) is 25.8 Å². The lowest BCUT2D eigenvalue weighted by Gasteiger charge is -2.33. The smallest absolute Gasteiger partial charge is 0.325 e. The number of aromatic nitrogens is 1. The van der Waals surface area contributed by atoms with E-state index >= 15 is 0 Å². The number of hydrogen-bond acceptors (Lipinski definition) is 3. The van der Waals surface area contributed by atoms with Crippen LogP contribution >= 0.6 is 0 Å². The first kappa shape index (κ1) is 14.3. The van der Waals surface area contributed by atoms with Crippen molar-refractivity contribution in [2.24, 2.45) is 11.7 Å². The first-order chi connectivity index (χ1) is 9.00. The Hall–Kier alpha value is -1.14. The van der Waals surface area contributed by atoms with Gasteiger partial charge in [-0.3, -0.25) is 9.88 Å². The van der Waals surface area contributed by atoms with Crippen molar-refractivity contribution in [2.45, 2.75) is 32.1 Å². The molecule has 106 valence electrons. The molecule has 1 aromatic rings. The number of nitrogens with zero attached hydrogens (tertiary/aromatic N) is 2. The Bertz CT molecular complexity index is 420. The van der Waals surface area contributed by atoms with Gasteiger partial charge in [-0.15, -0.1) is 0 Å². The minimum Gasteiger partial charge on any atom is -0.325 e. The van der Waals surface area contributed by atoms with Crippen LogP contribution in [0, 0.1) is 5.92 Å². The molecule has 1 aliphatic rings. The summed E-state index contributed by atoms with van der Waals surface area (Å²) in [7, 11) is 0. The van der Waals surface area contributed by atoms with Crippen LogP contribution in [0.1, 0.15) is 24.1 Å². The molecule has 0 aromatic carbocycles. The zero-order chi connectivity index (χ0) is 13.9. The SMILES string of the molecule is NCc1ncccc1CN1CCCC(C(F)(F)F)C1. The minimum absolute atomic E-state index is 0.0718. The Labute approximate surface area is 110 Å². The Morgan fingerprint density at radius 3 is 2.89 bits per heavy atom. The molecule has 2 heterocycles. The molecular formula is C13H18F3N3. The van der Waals surface area contributed by atoms with E-state index in [2.05, 4.69) is 4.98 Å². The highest BCUT2D eigenvalue weighted by molar-refractivity contribution is 5.19. The van der Waals surface area contributed by atoms with Crippen molar-refractivity contribution in [1.82, 2.24) is 9.88 Å². The molecule has 1 fully saturated rings. The Balaban J connectivity index is 2.03. The van der Waals surface area contributed by atoms with Crippen LogP contribution in [0.2, 0.25) is 0 Å². The number of likely N-dealkylation sites (tertiary alicyclic amines) is 1. The van der Waals surface area contributed by atoms with Gasteiger partial charge in [-0.1, -0.05) is 6.07 Å². The van der Waals surface area contributed by atoms with Gasteiger partial charge in [-0.05, 0) is 31.0 Å². The molecule has 1 atom stereocenters. The van der Waals surface area contributed by atoms with Crippen molar-refractivity contribution in [2.75, 3.05) is 13.1 Å². The van der Waals surface area contributed by atoms with Crippen molar-refractivity contribution >= 4 is 0 Å². The molecule has 0 bridgehead atoms. The van der Waals surface area contributed by atoms with E-state index in [1.807, 2.05) is 11.0 Å². The molecule has 19 heavy (non-hydrogen) atoms. The van der Waals surface area contributed by atoms with Crippen molar-refractivity contribution in [3.63, 3.8) is 0 Å². The standard InChI is InChI=1S/C13H18F3N3/c14-13(15,16)11-4-2-6-19(9-11)8-10-3-1-5-18-12(10)7-17/h1,3,5,11H,2,4,6-9,17H2. The van der Waals surface area contributed by atoms with Gasteiger partial charge in [0.25, 0.3) is 0 Å². The summed E-state index contributed by atoms with van der Waals surface area (Å²) in [5, 5.41) is 0. The summed E-state index contributed by atoms with van der Waals surface area (Å²) in [5.74, 6) is -1.21. The van der Waals surface area contributed by atoms with E-state index < -0.39 is 12.1 Å². The highest BCUT2D eigenvalue weighted by Gasteiger charge is 2.41. The van der Waals surface area contributed by atoms with Crippen LogP contribution in [-0.4, -0.2) is 29.1 Å². The number of alkyl halides is 3. The first-order valence-corrected chi connectivity index (χ1v) is 6.42. The quantitative estimate of drug-likeness (QED) is 0.919. The van der Waals surface area contributed by atoms with Crippen LogP contribution in [0.3, 0.4) is 0 Å². The second-order valence-corrected chi connectivity index (χ2v) is 4.93. The molecule has 6 heteroatoms. The molecule has 0 spiro atoms. The molecule has 1 unspecified atom stereocenters. The second kappa shape index (κ2) is 5.88. The van der Waals surface area contributed by atoms with E-state index in [0.29, 0.717) is 26.1 Å². The van der Waals surface area contributed by atoms with Gasteiger partial charge in [-0.25, -0.2) is 0 Å². The fraction of sp³-hybridized carbons (Fsp3) is 0.615. The maximum absolute atomic E-state index is 12.7. The summed E-state index contributed by atoms with van der Waals surface area (Å²) in [6, 6.07) is 3.67. The van der Waals surface area contributed by atoms with Crippen molar-refractivity contribution in [1.29, 1.82) is 0 Å². The van der Waals surface area contributed by atoms with Crippen molar-refractivity contribution in [3.8, 4) is 0 Å². The van der Waals surface area contributed by atoms with Crippen LogP contribution in [0.4, 0.5) is 13.2 Å². The Morgan fingerprint density at radius 1 is 1.42 bits per heavy atom. The summed E-state index contributed by atoms with van der Waals surface area (Å²) in [6.45, 7) is 1.58. The zero-order valence-electron chi connectivity index (χ0n) is 10.7. The molecule has 1 aliphatic heterocycles. The fourth-order valence-electron chi connectivity index (χ4n) is 2.51. The molecule has 2 rings (SSSR count). The molecule has 0 aliphatic carbocycles. The van der Waals surface area contributed by atoms with Crippen LogP contribution in [0.25, 0.3) is 0 Å². The lowest BCUT2D eigenvalue weighted by Crippen LogP contribution is -2.41. The van der Waals surface area contributed by atoms with Crippen LogP contribution in [0.15, 0.2) is 18.3 Å². The van der Waals surface area contributed by atoms with E-state index in [-0.39, 0.29) is 13.0 Å². The van der Waals surface area contributed by atoms with E-state index in [0.717, 1.165) is 11.3 Å². The molecule has 1 aromatic heterocycles. The highest BCUT2D eigenvalue weighted by Crippen LogP contribution is 2.33. The number of halogens is 3. The third kappa shape index (κ3) is 3.67. The Kier molecular flexibility index (Phi) is 4.42. The number of nitrogens with two attached hydrogens (primary N) is 1. The minimum atomic E-state index is -4.09. The zero-order valence-corrected chi connectivity index (χ0v) is 10.7. The van der Waals surface area contributed by atoms with Crippen LogP contribution < -0.4 is 5.73 Å². The molecule has 0 radical (unpaired) electrons. The van der Waals surface area contributed by atoms with Gasteiger partial charge in [0.05, 0.1) is 11.6 Å². The van der Waals surface area contributed by atoms with E-state index in [4.69, 9.17) is 5.73 Å². The molecule has 1 saturated heterocycles. The number of pyridine rings is 1. The van der Waals surface area contributed by atoms with Gasteiger partial charge >= 0.3 is 6.18 Å². The lowest BCUT2D eigenvalue weighted by molar-refractivity contribution is -0.187. The molecule has 2 N–H and O–H groups in total. The third-order valence-corrected chi connectivity index (χ3v) is 3.54. The summed E-state index contributed by atoms with van der Waals surface area (Å²) in [4.78, 5) is 6.00. The van der Waals surface area contributed by atoms with Gasteiger partial charge in [0.15, 0.2) is 0 Å². The first-order valence-electron chi connectivity index (χ1n) is 6.42. The summed E-state index contributed by atoms with van der Waals surface area (Å²) in [6.07, 6.45) is -1.62. The number of hydrogen-bond donors (Lipinski definition) is 1. The van der Waals surface area contributed by atoms with Crippen molar-refractivity contribution in [3.05, 3.63) is 29.6 Å². The van der Waals surface area contributed by atoms with Gasteiger partial charge in [0.2, 0.25) is 0 Å². The lowest BCUT2D eigenvalue weighted by atomic mass is 9.97. The van der Waals surface area contributed by atoms with Crippen LogP contribution in [-0.2, 0) is 13.1 Å². The predicted octanol–water partition coefficient (Wildman–Crippen LogP) is 2.31. The topological polar surface area (TPSA) is 42.1 Å². The predicted molar refractivity (Wildman–Crippen MR) is 66.2 cm³/mol. The average Bonchev–Trinajstić information content (AvgIpc) is 2.39. The summed E-state index contributed by atoms with van der Waals surface area (Å²) in [5.41, 5.74) is 7.28. The third-order valence-electron chi connectivity index (χ3n) is 3.54. The Morgan fingerprint density at radius 2 is 2.21 bits per heavy atom. The van der Waals surface area contributed by atoms with Gasteiger partial charge in [-0.2, -0.15) is 13.2 Å². The highest BCUT2D eigenvalue weighted by atomic mass is 19.4. The molecule has 3 nitrogen and oxygen atoms in total. The van der Waals surface area contributed by atoms with Gasteiger partial charge in [0.1, 0.15) is 0 Å². The monoisotopic (exact) mass is 273 g/mol. The average molecular weight is 273 g/mol. The van der Waals surface area contributed by atoms with E-state index in [1.54, 1.807) is 12.3 Å². The second-order valence-electron chi connectivity index (χ2n) is 4.93. The van der Waals surface area contributed by atoms with E-state index in [1.165, 1.54) is 0 Å². The summed E-state index contributed by atoms with van der Waals surface area (Å²) < 4.78 is 38.2.